The first-order chi connectivity index (χ1) is 20.0. The Morgan fingerprint density at radius 3 is 2.38 bits per heavy atom. The molecule has 42 heavy (non-hydrogen) atoms. The normalized spacial score (nSPS) is 21.4. The van der Waals surface area contributed by atoms with Gasteiger partial charge in [0, 0.05) is 23.8 Å². The van der Waals surface area contributed by atoms with E-state index in [0.717, 1.165) is 0 Å². The van der Waals surface area contributed by atoms with Crippen LogP contribution in [0.15, 0.2) is 66.7 Å². The van der Waals surface area contributed by atoms with Crippen LogP contribution in [0.3, 0.4) is 0 Å². The minimum atomic E-state index is -4.28. The monoisotopic (exact) mass is 601 g/mol. The van der Waals surface area contributed by atoms with Crippen LogP contribution < -0.4 is 5.32 Å². The molecule has 5 rings (SSSR count). The summed E-state index contributed by atoms with van der Waals surface area (Å²) in [6, 6.07) is 16.0. The topological polar surface area (TPSA) is 52.7 Å². The first kappa shape index (κ1) is 30.0. The summed E-state index contributed by atoms with van der Waals surface area (Å²) in [5.74, 6) is -2.11. The molecule has 2 fully saturated rings. The number of anilines is 1. The molecule has 1 unspecified atom stereocenters. The zero-order valence-corrected chi connectivity index (χ0v) is 23.9. The number of carbonyl (C=O) groups is 2. The number of piperidine rings is 1. The van der Waals surface area contributed by atoms with Crippen molar-refractivity contribution in [1.29, 1.82) is 0 Å². The number of alkyl halides is 3. The third-order valence-electron chi connectivity index (χ3n) is 8.21. The zero-order valence-electron chi connectivity index (χ0n) is 23.1. The highest BCUT2D eigenvalue weighted by molar-refractivity contribution is 6.30. The summed E-state index contributed by atoms with van der Waals surface area (Å²) < 4.78 is 55.4. The van der Waals surface area contributed by atoms with Gasteiger partial charge >= 0.3 is 6.18 Å². The fourth-order valence-electron chi connectivity index (χ4n) is 6.20. The molecule has 0 aliphatic carbocycles. The Labute approximate surface area is 247 Å². The van der Waals surface area contributed by atoms with Crippen molar-refractivity contribution < 1.29 is 27.2 Å². The molecule has 2 aliphatic heterocycles. The lowest BCUT2D eigenvalue weighted by atomic mass is 9.83. The molecule has 2 heterocycles. The van der Waals surface area contributed by atoms with Gasteiger partial charge in [-0.3, -0.25) is 14.5 Å². The molecule has 0 saturated carbocycles. The Morgan fingerprint density at radius 2 is 1.69 bits per heavy atom. The maximum Gasteiger partial charge on any atom is 0.404 e. The lowest BCUT2D eigenvalue weighted by Crippen LogP contribution is -2.46. The molecule has 0 spiro atoms. The van der Waals surface area contributed by atoms with Gasteiger partial charge in [-0.1, -0.05) is 54.1 Å². The molecule has 5 nitrogen and oxygen atoms in total. The summed E-state index contributed by atoms with van der Waals surface area (Å²) in [7, 11) is 0. The average molecular weight is 602 g/mol. The van der Waals surface area contributed by atoms with Crippen molar-refractivity contribution in [2.45, 2.75) is 57.4 Å². The van der Waals surface area contributed by atoms with Crippen molar-refractivity contribution in [3.63, 3.8) is 0 Å². The first-order valence-electron chi connectivity index (χ1n) is 14.0. The van der Waals surface area contributed by atoms with Gasteiger partial charge in [-0.05, 0) is 80.1 Å². The summed E-state index contributed by atoms with van der Waals surface area (Å²) >= 11 is 6.10. The van der Waals surface area contributed by atoms with Crippen LogP contribution in [0.5, 0.6) is 0 Å². The Bertz CT molecular complexity index is 1430. The van der Waals surface area contributed by atoms with E-state index in [-0.39, 0.29) is 24.4 Å². The Kier molecular flexibility index (Phi) is 8.89. The van der Waals surface area contributed by atoms with E-state index >= 15 is 0 Å². The van der Waals surface area contributed by atoms with E-state index in [2.05, 4.69) is 5.32 Å². The second kappa shape index (κ2) is 12.4. The number of hydrogen-bond acceptors (Lipinski definition) is 3. The quantitative estimate of drug-likeness (QED) is 0.297. The average Bonchev–Trinajstić information content (AvgIpc) is 3.42. The molecule has 222 valence electrons. The molecule has 0 bridgehead atoms. The van der Waals surface area contributed by atoms with Gasteiger partial charge < -0.3 is 10.2 Å². The highest BCUT2D eigenvalue weighted by atomic mass is 35.5. The van der Waals surface area contributed by atoms with Gasteiger partial charge in [0.2, 0.25) is 5.91 Å². The van der Waals surface area contributed by atoms with Crippen LogP contribution in [0.1, 0.15) is 58.8 Å². The van der Waals surface area contributed by atoms with Crippen LogP contribution in [0, 0.1) is 18.7 Å². The zero-order chi connectivity index (χ0) is 30.0. The van der Waals surface area contributed by atoms with E-state index in [4.69, 9.17) is 11.6 Å². The minimum absolute atomic E-state index is 0.0396. The highest BCUT2D eigenvalue weighted by Crippen LogP contribution is 2.39. The number of halogens is 5. The Balaban J connectivity index is 1.46. The van der Waals surface area contributed by atoms with Crippen LogP contribution in [0.2, 0.25) is 5.02 Å². The maximum atomic E-state index is 14.9. The van der Waals surface area contributed by atoms with Crippen molar-refractivity contribution in [3.8, 4) is 0 Å². The smallest absolute Gasteiger partial charge is 0.331 e. The van der Waals surface area contributed by atoms with E-state index in [9.17, 15) is 27.2 Å². The largest absolute Gasteiger partial charge is 0.404 e. The molecule has 2 amide bonds. The summed E-state index contributed by atoms with van der Waals surface area (Å²) in [6.07, 6.45) is -2.69. The lowest BCUT2D eigenvalue weighted by molar-refractivity contribution is -0.177. The van der Waals surface area contributed by atoms with Gasteiger partial charge in [0.25, 0.3) is 5.91 Å². The molecule has 2 saturated heterocycles. The minimum Gasteiger partial charge on any atom is -0.331 e. The van der Waals surface area contributed by atoms with Crippen LogP contribution in [0.4, 0.5) is 23.2 Å². The number of carbonyl (C=O) groups excluding carboxylic acids is 2. The van der Waals surface area contributed by atoms with Crippen LogP contribution >= 0.6 is 11.6 Å². The predicted octanol–water partition coefficient (Wildman–Crippen LogP) is 7.55. The first-order valence-corrected chi connectivity index (χ1v) is 14.4. The van der Waals surface area contributed by atoms with Crippen molar-refractivity contribution in [1.82, 2.24) is 9.80 Å². The number of hydrogen-bond donors (Lipinski definition) is 1. The third-order valence-corrected chi connectivity index (χ3v) is 8.44. The molecule has 0 aromatic heterocycles. The van der Waals surface area contributed by atoms with Crippen molar-refractivity contribution in [2.24, 2.45) is 5.92 Å². The summed E-state index contributed by atoms with van der Waals surface area (Å²) in [6.45, 7) is 2.50. The molecule has 1 N–H and O–H groups in total. The van der Waals surface area contributed by atoms with E-state index in [1.807, 2.05) is 0 Å². The number of aryl methyl sites for hydroxylation is 1. The van der Waals surface area contributed by atoms with Crippen LogP contribution in [-0.2, 0) is 11.3 Å². The number of benzene rings is 3. The van der Waals surface area contributed by atoms with Gasteiger partial charge in [-0.2, -0.15) is 13.2 Å². The standard InChI is InChI=1S/C32H32ClF4N3O2/c1-20-6-2-10-26(34)28(20)31(42)40-17-4-9-25(30(41)38-24-8-3-7-23(33)18-24)29(40)22-14-12-21(13-15-22)19-39-16-5-11-27(39)32(35,36)37/h2-3,6-8,10,12-15,18,25,27,29H,4-5,9,11,16-17,19H2,1H3,(H,38,41)/t25-,27?,29-/m0/s1. The predicted molar refractivity (Wildman–Crippen MR) is 154 cm³/mol. The van der Waals surface area contributed by atoms with E-state index in [1.165, 1.54) is 11.0 Å². The molecule has 10 heteroatoms. The van der Waals surface area contributed by atoms with Gasteiger partial charge in [0.15, 0.2) is 0 Å². The second-order valence-electron chi connectivity index (χ2n) is 11.0. The van der Waals surface area contributed by atoms with Crippen molar-refractivity contribution >= 4 is 29.1 Å². The summed E-state index contributed by atoms with van der Waals surface area (Å²) in [5, 5.41) is 3.36. The lowest BCUT2D eigenvalue weighted by Gasteiger charge is -2.41. The molecule has 0 radical (unpaired) electrons. The van der Waals surface area contributed by atoms with Crippen LogP contribution in [-0.4, -0.2) is 46.9 Å². The van der Waals surface area contributed by atoms with Gasteiger partial charge in [0.1, 0.15) is 11.9 Å². The Morgan fingerprint density at radius 1 is 0.976 bits per heavy atom. The SMILES string of the molecule is Cc1cccc(F)c1C(=O)N1CCC[C@H](C(=O)Nc2cccc(Cl)c2)[C@@H]1c1ccc(CN2CCCC2C(F)(F)F)cc1. The fraction of sp³-hybridized carbons (Fsp3) is 0.375. The fourth-order valence-corrected chi connectivity index (χ4v) is 6.39. The molecule has 3 aromatic carbocycles. The van der Waals surface area contributed by atoms with Gasteiger partial charge in [0.05, 0.1) is 17.5 Å². The van der Waals surface area contributed by atoms with E-state index in [0.29, 0.717) is 59.8 Å². The molecular formula is C32H32ClF4N3O2. The molecular weight excluding hydrogens is 570 g/mol. The van der Waals surface area contributed by atoms with E-state index in [1.54, 1.807) is 72.5 Å². The number of likely N-dealkylation sites (tertiary alicyclic amines) is 2. The number of nitrogens with zero attached hydrogens (tertiary/aromatic N) is 2. The number of rotatable bonds is 6. The summed E-state index contributed by atoms with van der Waals surface area (Å²) in [5.41, 5.74) is 2.32. The third kappa shape index (κ3) is 6.47. The second-order valence-corrected chi connectivity index (χ2v) is 11.5. The number of nitrogens with one attached hydrogen (secondary N) is 1. The van der Waals surface area contributed by atoms with Gasteiger partial charge in [-0.15, -0.1) is 0 Å². The Hall–Kier alpha value is -3.43. The summed E-state index contributed by atoms with van der Waals surface area (Å²) in [4.78, 5) is 30.5. The van der Waals surface area contributed by atoms with Crippen molar-refractivity contribution in [2.75, 3.05) is 18.4 Å². The van der Waals surface area contributed by atoms with Gasteiger partial charge in [-0.25, -0.2) is 4.39 Å². The molecule has 3 atom stereocenters. The molecule has 3 aromatic rings. The number of amides is 2. The van der Waals surface area contributed by atoms with Crippen LogP contribution in [0.25, 0.3) is 0 Å². The van der Waals surface area contributed by atoms with Crippen molar-refractivity contribution in [3.05, 3.63) is 99.8 Å². The maximum absolute atomic E-state index is 14.9. The van der Waals surface area contributed by atoms with E-state index < -0.39 is 35.9 Å². The highest BCUT2D eigenvalue weighted by Gasteiger charge is 2.46. The molecule has 2 aliphatic rings.